The lowest BCUT2D eigenvalue weighted by Crippen LogP contribution is -2.26. The normalized spacial score (nSPS) is 11.6. The van der Waals surface area contributed by atoms with Crippen LogP contribution in [0.1, 0.15) is 20.8 Å². The van der Waals surface area contributed by atoms with Gasteiger partial charge in [-0.05, 0) is 42.8 Å². The van der Waals surface area contributed by atoms with Crippen LogP contribution >= 0.6 is 15.9 Å². The monoisotopic (exact) mass is 326 g/mol. The number of carbonyl (C=O) groups excluding carboxylic acids is 1. The van der Waals surface area contributed by atoms with Gasteiger partial charge in [-0.15, -0.1) is 0 Å². The van der Waals surface area contributed by atoms with Gasteiger partial charge in [0.05, 0.1) is 17.8 Å². The molecule has 0 bridgehead atoms. The molecule has 0 unspecified atom stereocenters. The van der Waals surface area contributed by atoms with Crippen LogP contribution in [-0.2, 0) is 4.74 Å². The Morgan fingerprint density at radius 2 is 2.11 bits per heavy atom. The predicted molar refractivity (Wildman–Crippen MR) is 75.6 cm³/mol. The molecule has 0 spiro atoms. The second-order valence-corrected chi connectivity index (χ2v) is 5.84. The summed E-state index contributed by atoms with van der Waals surface area (Å²) >= 11 is 3.44. The molecule has 0 aliphatic heterocycles. The van der Waals surface area contributed by atoms with Crippen LogP contribution in [0.3, 0.4) is 0 Å². The van der Waals surface area contributed by atoms with Gasteiger partial charge in [0.2, 0.25) is 0 Å². The summed E-state index contributed by atoms with van der Waals surface area (Å²) in [4.78, 5) is 16.3. The van der Waals surface area contributed by atoms with Crippen LogP contribution in [0, 0.1) is 0 Å². The van der Waals surface area contributed by atoms with Gasteiger partial charge < -0.3 is 9.47 Å². The third-order valence-corrected chi connectivity index (χ3v) is 3.24. The van der Waals surface area contributed by atoms with Crippen molar-refractivity contribution in [3.8, 4) is 5.75 Å². The highest BCUT2D eigenvalue weighted by atomic mass is 79.9. The van der Waals surface area contributed by atoms with Crippen LogP contribution in [0.4, 0.5) is 4.79 Å². The molecule has 0 atom stereocenters. The van der Waals surface area contributed by atoms with Gasteiger partial charge in [0.15, 0.2) is 11.4 Å². The van der Waals surface area contributed by atoms with Gasteiger partial charge in [0, 0.05) is 11.6 Å². The van der Waals surface area contributed by atoms with E-state index in [1.54, 1.807) is 25.6 Å². The lowest BCUT2D eigenvalue weighted by Gasteiger charge is -2.19. The highest BCUT2D eigenvalue weighted by molar-refractivity contribution is 9.10. The fourth-order valence-electron chi connectivity index (χ4n) is 1.64. The van der Waals surface area contributed by atoms with Crippen LogP contribution < -0.4 is 4.74 Å². The Labute approximate surface area is 119 Å². The van der Waals surface area contributed by atoms with Crippen LogP contribution in [0.15, 0.2) is 22.9 Å². The largest absolute Gasteiger partial charge is 0.494 e. The van der Waals surface area contributed by atoms with Gasteiger partial charge in [-0.2, -0.15) is 0 Å². The quantitative estimate of drug-likeness (QED) is 0.803. The lowest BCUT2D eigenvalue weighted by atomic mass is 10.2. The van der Waals surface area contributed by atoms with Crippen molar-refractivity contribution in [1.82, 2.24) is 9.55 Å². The molecule has 0 saturated carbocycles. The SMILES string of the molecule is COc1cnc2c(ccn2C(=O)OC(C)(C)C)c1Br. The molecule has 5 nitrogen and oxygen atoms in total. The van der Waals surface area contributed by atoms with Crippen molar-refractivity contribution in [2.75, 3.05) is 7.11 Å². The van der Waals surface area contributed by atoms with Crippen molar-refractivity contribution in [2.24, 2.45) is 0 Å². The van der Waals surface area contributed by atoms with E-state index in [1.165, 1.54) is 4.57 Å². The fourth-order valence-corrected chi connectivity index (χ4v) is 2.21. The molecule has 0 saturated heterocycles. The van der Waals surface area contributed by atoms with E-state index in [0.717, 1.165) is 9.86 Å². The van der Waals surface area contributed by atoms with E-state index in [4.69, 9.17) is 9.47 Å². The first-order chi connectivity index (χ1) is 8.83. The van der Waals surface area contributed by atoms with E-state index in [9.17, 15) is 4.79 Å². The van der Waals surface area contributed by atoms with Crippen LogP contribution in [0.25, 0.3) is 11.0 Å². The van der Waals surface area contributed by atoms with E-state index >= 15 is 0 Å². The minimum Gasteiger partial charge on any atom is -0.494 e. The summed E-state index contributed by atoms with van der Waals surface area (Å²) < 4.78 is 12.6. The number of pyridine rings is 1. The Morgan fingerprint density at radius 3 is 2.68 bits per heavy atom. The van der Waals surface area contributed by atoms with Crippen molar-refractivity contribution in [2.45, 2.75) is 26.4 Å². The predicted octanol–water partition coefficient (Wildman–Crippen LogP) is 3.59. The average Bonchev–Trinajstić information content (AvgIpc) is 2.72. The van der Waals surface area contributed by atoms with Gasteiger partial charge in [-0.1, -0.05) is 0 Å². The van der Waals surface area contributed by atoms with Crippen LogP contribution in [-0.4, -0.2) is 28.4 Å². The molecule has 2 rings (SSSR count). The van der Waals surface area contributed by atoms with Gasteiger partial charge in [0.1, 0.15) is 5.60 Å². The molecule has 6 heteroatoms. The van der Waals surface area contributed by atoms with Crippen molar-refractivity contribution in [3.63, 3.8) is 0 Å². The molecule has 2 aromatic heterocycles. The van der Waals surface area contributed by atoms with E-state index in [1.807, 2.05) is 20.8 Å². The third-order valence-electron chi connectivity index (χ3n) is 2.43. The Morgan fingerprint density at radius 1 is 1.42 bits per heavy atom. The van der Waals surface area contributed by atoms with Crippen LogP contribution in [0.5, 0.6) is 5.75 Å². The highest BCUT2D eigenvalue weighted by Crippen LogP contribution is 2.32. The van der Waals surface area contributed by atoms with E-state index in [2.05, 4.69) is 20.9 Å². The average molecular weight is 327 g/mol. The molecule has 19 heavy (non-hydrogen) atoms. The molecule has 0 aliphatic carbocycles. The van der Waals surface area contributed by atoms with Crippen molar-refractivity contribution >= 4 is 33.1 Å². The maximum absolute atomic E-state index is 12.1. The standard InChI is InChI=1S/C13H15BrN2O3/c1-13(2,3)19-12(17)16-6-5-8-10(14)9(18-4)7-15-11(8)16/h5-7H,1-4H3. The minimum absolute atomic E-state index is 0.452. The molecule has 102 valence electrons. The summed E-state index contributed by atoms with van der Waals surface area (Å²) in [5, 5.41) is 0.796. The number of ether oxygens (including phenoxy) is 2. The second-order valence-electron chi connectivity index (χ2n) is 5.04. The summed E-state index contributed by atoms with van der Waals surface area (Å²) in [6.45, 7) is 5.47. The summed E-state index contributed by atoms with van der Waals surface area (Å²) in [5.74, 6) is 0.620. The first-order valence-corrected chi connectivity index (χ1v) is 6.55. The van der Waals surface area contributed by atoms with Crippen molar-refractivity contribution in [1.29, 1.82) is 0 Å². The number of aromatic nitrogens is 2. The Balaban J connectivity index is 2.47. The van der Waals surface area contributed by atoms with Gasteiger partial charge in [-0.25, -0.2) is 14.3 Å². The highest BCUT2D eigenvalue weighted by Gasteiger charge is 2.20. The van der Waals surface area contributed by atoms with E-state index in [0.29, 0.717) is 11.4 Å². The van der Waals surface area contributed by atoms with Gasteiger partial charge in [0.25, 0.3) is 0 Å². The molecule has 0 aliphatic rings. The summed E-state index contributed by atoms with van der Waals surface area (Å²) in [5.41, 5.74) is -0.0147. The molecular weight excluding hydrogens is 312 g/mol. The smallest absolute Gasteiger partial charge is 0.420 e. The topological polar surface area (TPSA) is 53.4 Å². The zero-order chi connectivity index (χ0) is 14.2. The molecule has 0 amide bonds. The summed E-state index contributed by atoms with van der Waals surface area (Å²) in [7, 11) is 1.57. The molecular formula is C13H15BrN2O3. The lowest BCUT2D eigenvalue weighted by molar-refractivity contribution is 0.0543. The Hall–Kier alpha value is -1.56. The number of rotatable bonds is 1. The first-order valence-electron chi connectivity index (χ1n) is 5.76. The second kappa shape index (κ2) is 4.85. The van der Waals surface area contributed by atoms with Gasteiger partial charge in [-0.3, -0.25) is 0 Å². The molecule has 2 heterocycles. The number of nitrogens with zero attached hydrogens (tertiary/aromatic N) is 2. The molecule has 0 radical (unpaired) electrons. The summed E-state index contributed by atoms with van der Waals surface area (Å²) in [6, 6.07) is 1.79. The number of methoxy groups -OCH3 is 1. The van der Waals surface area contributed by atoms with Crippen molar-refractivity contribution in [3.05, 3.63) is 22.9 Å². The number of hydrogen-bond donors (Lipinski definition) is 0. The number of carbonyl (C=O) groups is 1. The maximum atomic E-state index is 12.1. The summed E-state index contributed by atoms with van der Waals surface area (Å²) in [6.07, 6.45) is 2.75. The molecule has 2 aromatic rings. The molecule has 0 N–H and O–H groups in total. The molecule has 0 aromatic carbocycles. The first kappa shape index (κ1) is 13.9. The number of fused-ring (bicyclic) bond motifs is 1. The Kier molecular flexibility index (Phi) is 3.54. The van der Waals surface area contributed by atoms with Gasteiger partial charge >= 0.3 is 6.09 Å². The number of hydrogen-bond acceptors (Lipinski definition) is 4. The minimum atomic E-state index is -0.544. The Bertz CT molecular complexity index is 629. The fraction of sp³-hybridized carbons (Fsp3) is 0.385. The maximum Gasteiger partial charge on any atom is 0.420 e. The van der Waals surface area contributed by atoms with E-state index < -0.39 is 11.7 Å². The van der Waals surface area contributed by atoms with Crippen molar-refractivity contribution < 1.29 is 14.3 Å². The van der Waals surface area contributed by atoms with Crippen LogP contribution in [0.2, 0.25) is 0 Å². The molecule has 0 fully saturated rings. The van der Waals surface area contributed by atoms with E-state index in [-0.39, 0.29) is 0 Å². The zero-order valence-electron chi connectivity index (χ0n) is 11.2. The third kappa shape index (κ3) is 2.73. The zero-order valence-corrected chi connectivity index (χ0v) is 12.8. The number of halogens is 1.